The zero-order valence-electron chi connectivity index (χ0n) is 19.8. The van der Waals surface area contributed by atoms with Crippen molar-refractivity contribution >= 4 is 17.4 Å². The SMILES string of the molecule is COc1ccc(/C(O)=C2\C(=O)C(=O)N(CCCN3CCOCC3)[C@H]2c2ccc(F)cc2)cc1OC. The molecule has 1 N–H and O–H groups in total. The summed E-state index contributed by atoms with van der Waals surface area (Å²) in [6.07, 6.45) is 0.640. The number of carbonyl (C=O) groups is 2. The highest BCUT2D eigenvalue weighted by atomic mass is 19.1. The summed E-state index contributed by atoms with van der Waals surface area (Å²) in [5.41, 5.74) is 0.806. The molecule has 186 valence electrons. The first-order valence-electron chi connectivity index (χ1n) is 11.5. The lowest BCUT2D eigenvalue weighted by molar-refractivity contribution is -0.140. The Morgan fingerprint density at radius 3 is 2.37 bits per heavy atom. The Kier molecular flexibility index (Phi) is 7.67. The van der Waals surface area contributed by atoms with Gasteiger partial charge < -0.3 is 24.2 Å². The van der Waals surface area contributed by atoms with Crippen LogP contribution in [0.3, 0.4) is 0 Å². The van der Waals surface area contributed by atoms with Crippen molar-refractivity contribution in [2.75, 3.05) is 53.6 Å². The van der Waals surface area contributed by atoms with E-state index in [0.29, 0.717) is 48.8 Å². The van der Waals surface area contributed by atoms with E-state index in [1.54, 1.807) is 18.2 Å². The highest BCUT2D eigenvalue weighted by molar-refractivity contribution is 6.46. The number of nitrogens with zero attached hydrogens (tertiary/aromatic N) is 2. The molecule has 2 aliphatic heterocycles. The van der Waals surface area contributed by atoms with Gasteiger partial charge >= 0.3 is 0 Å². The average molecular weight is 485 g/mol. The highest BCUT2D eigenvalue weighted by Crippen LogP contribution is 2.40. The molecule has 2 saturated heterocycles. The molecule has 2 aromatic carbocycles. The molecular formula is C26H29FN2O6. The van der Waals surface area contributed by atoms with Crippen LogP contribution in [0.5, 0.6) is 11.5 Å². The number of aliphatic hydroxyl groups excluding tert-OH is 1. The number of amides is 1. The molecular weight excluding hydrogens is 455 g/mol. The van der Waals surface area contributed by atoms with Gasteiger partial charge in [0.05, 0.1) is 39.0 Å². The van der Waals surface area contributed by atoms with Gasteiger partial charge in [-0.25, -0.2) is 4.39 Å². The maximum Gasteiger partial charge on any atom is 0.295 e. The largest absolute Gasteiger partial charge is 0.507 e. The number of halogens is 1. The Morgan fingerprint density at radius 1 is 1.03 bits per heavy atom. The Hall–Kier alpha value is -3.43. The number of likely N-dealkylation sites (tertiary alicyclic amines) is 1. The van der Waals surface area contributed by atoms with Crippen molar-refractivity contribution in [2.45, 2.75) is 12.5 Å². The van der Waals surface area contributed by atoms with Crippen LogP contribution in [0.25, 0.3) is 5.76 Å². The molecule has 1 amide bonds. The van der Waals surface area contributed by atoms with Gasteiger partial charge in [-0.15, -0.1) is 0 Å². The van der Waals surface area contributed by atoms with E-state index in [0.717, 1.165) is 19.6 Å². The second-order valence-electron chi connectivity index (χ2n) is 8.42. The zero-order valence-corrected chi connectivity index (χ0v) is 19.8. The Bertz CT molecular complexity index is 1110. The zero-order chi connectivity index (χ0) is 24.9. The third-order valence-corrected chi connectivity index (χ3v) is 6.36. The van der Waals surface area contributed by atoms with Crippen LogP contribution in [0.2, 0.25) is 0 Å². The van der Waals surface area contributed by atoms with Crippen LogP contribution < -0.4 is 9.47 Å². The van der Waals surface area contributed by atoms with Crippen molar-refractivity contribution in [1.82, 2.24) is 9.80 Å². The molecule has 0 aromatic heterocycles. The first kappa shape index (κ1) is 24.7. The molecule has 9 heteroatoms. The van der Waals surface area contributed by atoms with Crippen molar-refractivity contribution in [3.63, 3.8) is 0 Å². The summed E-state index contributed by atoms with van der Waals surface area (Å²) in [6.45, 7) is 4.04. The van der Waals surface area contributed by atoms with Crippen LogP contribution >= 0.6 is 0 Å². The average Bonchev–Trinajstić information content (AvgIpc) is 3.14. The molecule has 2 aromatic rings. The van der Waals surface area contributed by atoms with Crippen LogP contribution in [0.15, 0.2) is 48.0 Å². The maximum absolute atomic E-state index is 13.7. The van der Waals surface area contributed by atoms with E-state index in [1.807, 2.05) is 0 Å². The van der Waals surface area contributed by atoms with Crippen LogP contribution in [-0.2, 0) is 14.3 Å². The molecule has 8 nitrogen and oxygen atoms in total. The first-order valence-corrected chi connectivity index (χ1v) is 11.5. The summed E-state index contributed by atoms with van der Waals surface area (Å²) in [4.78, 5) is 30.0. The fourth-order valence-corrected chi connectivity index (χ4v) is 4.53. The fourth-order valence-electron chi connectivity index (χ4n) is 4.53. The minimum absolute atomic E-state index is 0.0415. The lowest BCUT2D eigenvalue weighted by atomic mass is 9.95. The number of morpholine rings is 1. The molecule has 4 rings (SSSR count). The van der Waals surface area contributed by atoms with Crippen molar-refractivity contribution in [3.05, 3.63) is 65.0 Å². The Morgan fingerprint density at radius 2 is 1.71 bits per heavy atom. The van der Waals surface area contributed by atoms with Gasteiger partial charge in [-0.3, -0.25) is 14.5 Å². The maximum atomic E-state index is 13.7. The smallest absolute Gasteiger partial charge is 0.295 e. The van der Waals surface area contributed by atoms with Gasteiger partial charge in [-0.2, -0.15) is 0 Å². The van der Waals surface area contributed by atoms with Gasteiger partial charge in [0.1, 0.15) is 11.6 Å². The number of benzene rings is 2. The predicted octanol–water partition coefficient (Wildman–Crippen LogP) is 2.99. The van der Waals surface area contributed by atoms with E-state index >= 15 is 0 Å². The lowest BCUT2D eigenvalue weighted by Crippen LogP contribution is -2.38. The van der Waals surface area contributed by atoms with E-state index in [2.05, 4.69) is 4.90 Å². The first-order chi connectivity index (χ1) is 16.9. The third kappa shape index (κ3) is 5.16. The number of Topliss-reactive ketones (excluding diaryl/α,β-unsaturated/α-hetero) is 1. The number of carbonyl (C=O) groups excluding carboxylic acids is 2. The van der Waals surface area contributed by atoms with Gasteiger partial charge in [0.15, 0.2) is 11.5 Å². The quantitative estimate of drug-likeness (QED) is 0.350. The molecule has 2 fully saturated rings. The van der Waals surface area contributed by atoms with Crippen molar-refractivity contribution in [1.29, 1.82) is 0 Å². The number of rotatable bonds is 8. The number of aliphatic hydroxyl groups is 1. The van der Waals surface area contributed by atoms with Crippen LogP contribution in [0, 0.1) is 5.82 Å². The summed E-state index contributed by atoms with van der Waals surface area (Å²) < 4.78 is 29.6. The highest BCUT2D eigenvalue weighted by Gasteiger charge is 2.45. The number of ketones is 1. The second kappa shape index (κ2) is 10.9. The normalized spacial score (nSPS) is 20.3. The van der Waals surface area contributed by atoms with Crippen molar-refractivity contribution < 1.29 is 33.3 Å². The topological polar surface area (TPSA) is 88.5 Å². The molecule has 2 aliphatic rings. The molecule has 0 spiro atoms. The monoisotopic (exact) mass is 484 g/mol. The number of methoxy groups -OCH3 is 2. The minimum atomic E-state index is -0.839. The van der Waals surface area contributed by atoms with Gasteiger partial charge in [0.2, 0.25) is 0 Å². The molecule has 0 unspecified atom stereocenters. The second-order valence-corrected chi connectivity index (χ2v) is 8.42. The summed E-state index contributed by atoms with van der Waals surface area (Å²) in [5, 5.41) is 11.2. The molecule has 2 heterocycles. The van der Waals surface area contributed by atoms with E-state index in [1.165, 1.54) is 43.4 Å². The number of hydrogen-bond donors (Lipinski definition) is 1. The van der Waals surface area contributed by atoms with Crippen LogP contribution in [0.1, 0.15) is 23.6 Å². The number of ether oxygens (including phenoxy) is 3. The van der Waals surface area contributed by atoms with E-state index in [4.69, 9.17) is 14.2 Å². The summed E-state index contributed by atoms with van der Waals surface area (Å²) in [5.74, 6) is -1.40. The van der Waals surface area contributed by atoms with E-state index < -0.39 is 23.5 Å². The molecule has 0 bridgehead atoms. The predicted molar refractivity (Wildman–Crippen MR) is 127 cm³/mol. The number of hydrogen-bond acceptors (Lipinski definition) is 7. The molecule has 0 radical (unpaired) electrons. The standard InChI is InChI=1S/C26H29FN2O6/c1-33-20-9-6-18(16-21(20)34-2)24(30)22-23(17-4-7-19(27)8-5-17)29(26(32)25(22)31)11-3-10-28-12-14-35-15-13-28/h4-9,16,23,30H,3,10-15H2,1-2H3/b24-22+/t23-/m0/s1. The molecule has 0 saturated carbocycles. The summed E-state index contributed by atoms with van der Waals surface area (Å²) >= 11 is 0. The van der Waals surface area contributed by atoms with Gasteiger partial charge in [0.25, 0.3) is 11.7 Å². The van der Waals surface area contributed by atoms with Gasteiger partial charge in [-0.1, -0.05) is 12.1 Å². The van der Waals surface area contributed by atoms with Gasteiger partial charge in [-0.05, 0) is 42.3 Å². The van der Waals surface area contributed by atoms with Gasteiger partial charge in [0, 0.05) is 31.7 Å². The molecule has 1 atom stereocenters. The van der Waals surface area contributed by atoms with Crippen molar-refractivity contribution in [2.24, 2.45) is 0 Å². The van der Waals surface area contributed by atoms with E-state index in [9.17, 15) is 19.1 Å². The van der Waals surface area contributed by atoms with Crippen LogP contribution in [-0.4, -0.2) is 80.2 Å². The van der Waals surface area contributed by atoms with Crippen molar-refractivity contribution in [3.8, 4) is 11.5 Å². The lowest BCUT2D eigenvalue weighted by Gasteiger charge is -2.29. The Labute approximate surface area is 203 Å². The van der Waals surface area contributed by atoms with E-state index in [-0.39, 0.29) is 11.3 Å². The van der Waals surface area contributed by atoms with Crippen LogP contribution in [0.4, 0.5) is 4.39 Å². The summed E-state index contributed by atoms with van der Waals surface area (Å²) in [7, 11) is 2.96. The molecule has 0 aliphatic carbocycles. The third-order valence-electron chi connectivity index (χ3n) is 6.36. The molecule has 35 heavy (non-hydrogen) atoms. The Balaban J connectivity index is 1.69. The summed E-state index contributed by atoms with van der Waals surface area (Å²) in [6, 6.07) is 9.52. The fraction of sp³-hybridized carbons (Fsp3) is 0.385. The minimum Gasteiger partial charge on any atom is -0.507 e.